The number of piperidine rings is 1. The van der Waals surface area contributed by atoms with Crippen molar-refractivity contribution < 1.29 is 9.50 Å². The van der Waals surface area contributed by atoms with Gasteiger partial charge >= 0.3 is 0 Å². The number of phenolic OH excluding ortho intramolecular Hbond substituents is 1. The summed E-state index contributed by atoms with van der Waals surface area (Å²) in [5.74, 6) is 1.24. The summed E-state index contributed by atoms with van der Waals surface area (Å²) >= 11 is 0. The molecule has 0 bridgehead atoms. The fraction of sp³-hybridized carbons (Fsp3) is 0.691. The number of aromatic nitrogens is 1. The van der Waals surface area contributed by atoms with Crippen LogP contribution in [0.5, 0.6) is 5.75 Å². The molecule has 0 unspecified atom stereocenters. The number of halogens is 1. The third-order valence-corrected chi connectivity index (χ3v) is 19.9. The Hall–Kier alpha value is -4.56. The van der Waals surface area contributed by atoms with Gasteiger partial charge in [0.1, 0.15) is 11.6 Å². The largest absolute Gasteiger partial charge is 0.508 e. The number of hydrogen-bond donors (Lipinski definition) is 2. The van der Waals surface area contributed by atoms with Crippen molar-refractivity contribution in [2.24, 2.45) is 11.3 Å². The van der Waals surface area contributed by atoms with E-state index in [1.54, 1.807) is 6.07 Å². The highest BCUT2D eigenvalue weighted by molar-refractivity contribution is 5.53. The molecule has 7 rings (SSSR count). The predicted octanol–water partition coefficient (Wildman–Crippen LogP) is 26.0. The zero-order valence-electron chi connectivity index (χ0n) is 74.2. The van der Waals surface area contributed by atoms with Crippen molar-refractivity contribution in [3.05, 3.63) is 159 Å². The summed E-state index contributed by atoms with van der Waals surface area (Å²) in [6.45, 7) is 100. The Morgan fingerprint density at radius 3 is 0.842 bits per heavy atom. The Morgan fingerprint density at radius 2 is 0.594 bits per heavy atom. The summed E-state index contributed by atoms with van der Waals surface area (Å²) in [4.78, 5) is 12.3. The molecule has 3 N–H and O–H groups in total. The van der Waals surface area contributed by atoms with Gasteiger partial charge in [-0.25, -0.2) is 4.39 Å². The second-order valence-corrected chi connectivity index (χ2v) is 43.9. The van der Waals surface area contributed by atoms with Gasteiger partial charge in [-0.2, -0.15) is 0 Å². The number of piperazine rings is 1. The van der Waals surface area contributed by atoms with E-state index in [9.17, 15) is 9.50 Å². The number of nitrogens with zero attached hydrogens (tertiary/aromatic N) is 4. The number of pyridine rings is 1. The maximum Gasteiger partial charge on any atom is 0.127 e. The summed E-state index contributed by atoms with van der Waals surface area (Å²) in [6, 6.07) is 31.4. The third-order valence-electron chi connectivity index (χ3n) is 19.9. The van der Waals surface area contributed by atoms with Crippen LogP contribution in [0, 0.1) is 17.2 Å². The Bertz CT molecular complexity index is 2840. The summed E-state index contributed by atoms with van der Waals surface area (Å²) in [5, 5.41) is 9.99. The van der Waals surface area contributed by atoms with Crippen LogP contribution >= 0.6 is 0 Å². The van der Waals surface area contributed by atoms with Crippen LogP contribution in [0.3, 0.4) is 0 Å². The lowest BCUT2D eigenvalue weighted by Crippen LogP contribution is -2.57. The van der Waals surface area contributed by atoms with E-state index in [4.69, 9.17) is 5.73 Å². The molecule has 0 saturated carbocycles. The van der Waals surface area contributed by atoms with E-state index >= 15 is 0 Å². The minimum atomic E-state index is -0.125. The molecule has 5 aromatic rings. The van der Waals surface area contributed by atoms with Gasteiger partial charge < -0.3 is 10.8 Å². The van der Waals surface area contributed by atoms with E-state index in [0.29, 0.717) is 27.8 Å². The van der Waals surface area contributed by atoms with Crippen molar-refractivity contribution in [3.8, 4) is 5.75 Å². The van der Waals surface area contributed by atoms with E-state index in [0.717, 1.165) is 34.0 Å². The van der Waals surface area contributed by atoms with Gasteiger partial charge in [0.05, 0.1) is 0 Å². The summed E-state index contributed by atoms with van der Waals surface area (Å²) < 4.78 is 13.9. The number of nitrogens with two attached hydrogens (primary N) is 1. The predicted molar refractivity (Wildman–Crippen MR) is 449 cm³/mol. The zero-order chi connectivity index (χ0) is 79.5. The molecule has 6 nitrogen and oxygen atoms in total. The highest BCUT2D eigenvalue weighted by atomic mass is 19.1. The third kappa shape index (κ3) is 33.2. The first-order chi connectivity index (χ1) is 44.7. The first kappa shape index (κ1) is 94.5. The Kier molecular flexibility index (Phi) is 32.9. The Balaban J connectivity index is 0.000000589. The maximum atomic E-state index is 13.9. The van der Waals surface area contributed by atoms with E-state index in [-0.39, 0.29) is 60.0 Å². The lowest BCUT2D eigenvalue weighted by molar-refractivity contribution is 0.0211. The first-order valence-electron chi connectivity index (χ1n) is 38.6. The highest BCUT2D eigenvalue weighted by Crippen LogP contribution is 2.38. The second kappa shape index (κ2) is 35.2. The molecular weight excluding hydrogens is 1230 g/mol. The summed E-state index contributed by atoms with van der Waals surface area (Å²) in [6.07, 6.45) is 4.75. The minimum Gasteiger partial charge on any atom is -0.508 e. The van der Waals surface area contributed by atoms with Crippen LogP contribution in [-0.4, -0.2) is 80.7 Å². The number of phenols is 1. The van der Waals surface area contributed by atoms with Crippen LogP contribution in [0.4, 0.5) is 10.1 Å². The molecule has 2 saturated heterocycles. The van der Waals surface area contributed by atoms with Crippen molar-refractivity contribution in [2.75, 3.05) is 45.0 Å². The molecule has 2 aliphatic heterocycles. The lowest BCUT2D eigenvalue weighted by Gasteiger charge is -2.46. The SMILES string of the molecule is CC(C)(C)C1CCN(C(C)(C)C)CC1.CC(C)(C)N1CCN(C(C)(C)C)CC1.CC(C)(C)c1ccc(C(C)(C)C)c(F)c1.CC(C)(C)c1ccc(C(C)(C)C)c(N)c1.CC(C)(C)c1ccc(C(C)(C)C)c(O)c1.CC(C)(C)c1ccc(C(C)(C)C)cc1.CC(C)(C)c1ccc(C(C)(C)C)nc1. The van der Waals surface area contributed by atoms with Gasteiger partial charge in [-0.05, 0) is 223 Å². The number of likely N-dealkylation sites (tertiary alicyclic amines) is 1. The zero-order valence-corrected chi connectivity index (χ0v) is 74.2. The van der Waals surface area contributed by atoms with Gasteiger partial charge in [-0.15, -0.1) is 0 Å². The molecule has 7 heteroatoms. The number of benzene rings is 4. The molecule has 2 aliphatic rings. The molecule has 0 amide bonds. The lowest BCUT2D eigenvalue weighted by atomic mass is 9.75. The Labute approximate surface area is 626 Å². The highest BCUT2D eigenvalue weighted by Gasteiger charge is 2.34. The van der Waals surface area contributed by atoms with E-state index in [1.165, 1.54) is 85.5 Å². The van der Waals surface area contributed by atoms with Gasteiger partial charge in [0.2, 0.25) is 0 Å². The van der Waals surface area contributed by atoms with Crippen LogP contribution in [0.1, 0.15) is 359 Å². The molecule has 2 fully saturated rings. The molecule has 0 atom stereocenters. The van der Waals surface area contributed by atoms with Crippen molar-refractivity contribution in [3.63, 3.8) is 0 Å². The van der Waals surface area contributed by atoms with Crippen molar-refractivity contribution >= 4 is 5.69 Å². The topological polar surface area (TPSA) is 68.9 Å². The molecule has 0 radical (unpaired) electrons. The van der Waals surface area contributed by atoms with Crippen LogP contribution in [0.15, 0.2) is 97.2 Å². The molecule has 4 aromatic carbocycles. The normalized spacial score (nSPS) is 15.7. The number of aromatic hydroxyl groups is 1. The van der Waals surface area contributed by atoms with E-state index in [2.05, 4.69) is 350 Å². The average molecular weight is 1400 g/mol. The number of rotatable bonds is 0. The number of hydrogen-bond acceptors (Lipinski definition) is 6. The van der Waals surface area contributed by atoms with Gasteiger partial charge in [-0.1, -0.05) is 295 Å². The molecule has 0 aliphatic carbocycles. The minimum absolute atomic E-state index is 0.000494. The first-order valence-corrected chi connectivity index (χ1v) is 38.6. The van der Waals surface area contributed by atoms with Crippen LogP contribution in [0.25, 0.3) is 0 Å². The smallest absolute Gasteiger partial charge is 0.127 e. The van der Waals surface area contributed by atoms with Gasteiger partial charge in [0.25, 0.3) is 0 Å². The summed E-state index contributed by atoms with van der Waals surface area (Å²) in [7, 11) is 0. The van der Waals surface area contributed by atoms with Crippen LogP contribution in [0.2, 0.25) is 0 Å². The monoisotopic (exact) mass is 1400 g/mol. The van der Waals surface area contributed by atoms with E-state index < -0.39 is 0 Å². The fourth-order valence-corrected chi connectivity index (χ4v) is 12.2. The Morgan fingerprint density at radius 1 is 0.317 bits per heavy atom. The average Bonchev–Trinajstić information content (AvgIpc) is 0.829. The molecular formula is C94H162FN5O. The van der Waals surface area contributed by atoms with Gasteiger partial charge in [0.15, 0.2) is 0 Å². The van der Waals surface area contributed by atoms with Crippen LogP contribution < -0.4 is 5.73 Å². The van der Waals surface area contributed by atoms with Crippen molar-refractivity contribution in [1.82, 2.24) is 19.7 Å². The molecule has 3 heterocycles. The standard InChI is InChI=1S/C14H21F.C14H23N.C14H22O.C14H22.C13H27N.C13H21N.C12H26N2/c3*1-13(2,3)10-7-8-11(12(15)9-10)14(4,5)6;1-13(2,3)11-7-9-12(10-8-11)14(4,5)6;1-12(2,3)11-7-9-14(10-8-11)13(4,5)6;1-12(2,3)10-7-8-11(14-9-10)13(4,5)6;1-11(2,3)13-7-9-14(10-8-13)12(4,5)6/h7-9H,1-6H3;7-9H,15H2,1-6H3;7-9,15H,1-6H3;7-10H,1-6H3;11H,7-10H2,1-6H3;7-9H,1-6H3;7-10H2,1-6H3. The maximum absolute atomic E-state index is 13.9. The molecule has 576 valence electrons. The van der Waals surface area contributed by atoms with Crippen LogP contribution in [-0.2, 0) is 54.1 Å². The summed E-state index contributed by atoms with van der Waals surface area (Å²) in [5.41, 5.74) is 21.5. The van der Waals surface area contributed by atoms with Gasteiger partial charge in [0, 0.05) is 65.8 Å². The second-order valence-electron chi connectivity index (χ2n) is 43.9. The number of anilines is 1. The quantitative estimate of drug-likeness (QED) is 0.151. The molecule has 101 heavy (non-hydrogen) atoms. The van der Waals surface area contributed by atoms with Crippen molar-refractivity contribution in [2.45, 2.75) is 374 Å². The molecule has 1 aromatic heterocycles. The molecule has 0 spiro atoms. The fourth-order valence-electron chi connectivity index (χ4n) is 12.2. The van der Waals surface area contributed by atoms with E-state index in [1.807, 2.05) is 51.2 Å². The number of nitrogen functional groups attached to an aromatic ring is 1. The van der Waals surface area contributed by atoms with Gasteiger partial charge in [-0.3, -0.25) is 19.7 Å². The van der Waals surface area contributed by atoms with Crippen molar-refractivity contribution in [1.29, 1.82) is 0 Å².